The number of carbonyl (C=O) groups is 2. The maximum absolute atomic E-state index is 12.7. The topological polar surface area (TPSA) is 58.6 Å². The first-order valence-electron chi connectivity index (χ1n) is 8.76. The highest BCUT2D eigenvalue weighted by atomic mass is 19.4. The minimum Gasteiger partial charge on any atom is -0.378 e. The number of carbonyl (C=O) groups excluding carboxylic acids is 2. The molecule has 2 amide bonds. The van der Waals surface area contributed by atoms with Crippen LogP contribution in [0.5, 0.6) is 0 Å². The van der Waals surface area contributed by atoms with Gasteiger partial charge in [0.05, 0.1) is 36.4 Å². The molecule has 1 heterocycles. The van der Waals surface area contributed by atoms with Crippen LogP contribution in [0.3, 0.4) is 0 Å². The van der Waals surface area contributed by atoms with Crippen LogP contribution in [0.1, 0.15) is 21.5 Å². The molecule has 0 spiro atoms. The third-order valence-corrected chi connectivity index (χ3v) is 4.38. The van der Waals surface area contributed by atoms with Crippen molar-refractivity contribution in [2.24, 2.45) is 0 Å². The van der Waals surface area contributed by atoms with E-state index in [0.717, 1.165) is 12.1 Å². The highest BCUT2D eigenvalue weighted by Gasteiger charge is 2.30. The van der Waals surface area contributed by atoms with Crippen LogP contribution < -0.4 is 5.32 Å². The zero-order valence-corrected chi connectivity index (χ0v) is 15.0. The Labute approximate surface area is 160 Å². The Morgan fingerprint density at radius 2 is 1.64 bits per heavy atom. The lowest BCUT2D eigenvalue weighted by Gasteiger charge is -2.27. The number of nitrogens with zero attached hydrogens (tertiary/aromatic N) is 1. The smallest absolute Gasteiger partial charge is 0.378 e. The van der Waals surface area contributed by atoms with Crippen molar-refractivity contribution in [3.8, 4) is 0 Å². The van der Waals surface area contributed by atoms with E-state index in [0.29, 0.717) is 43.1 Å². The lowest BCUT2D eigenvalue weighted by atomic mass is 10.1. The first-order chi connectivity index (χ1) is 13.3. The van der Waals surface area contributed by atoms with Crippen LogP contribution >= 0.6 is 0 Å². The first kappa shape index (κ1) is 19.9. The summed E-state index contributed by atoms with van der Waals surface area (Å²) in [6.07, 6.45) is -4.52. The molecule has 28 heavy (non-hydrogen) atoms. The SMILES string of the molecule is O=C(Cc1ccc(C(F)(F)F)cc1)Nc1ccccc1C(=O)N1CCOCC1. The van der Waals surface area contributed by atoms with Crippen molar-refractivity contribution >= 4 is 17.5 Å². The largest absolute Gasteiger partial charge is 0.416 e. The number of nitrogens with one attached hydrogen (secondary N) is 1. The predicted molar refractivity (Wildman–Crippen MR) is 96.9 cm³/mol. The van der Waals surface area contributed by atoms with Crippen LogP contribution in [-0.4, -0.2) is 43.0 Å². The van der Waals surface area contributed by atoms with E-state index in [9.17, 15) is 22.8 Å². The minimum absolute atomic E-state index is 0.0990. The zero-order valence-electron chi connectivity index (χ0n) is 15.0. The number of halogens is 3. The Morgan fingerprint density at radius 1 is 1.00 bits per heavy atom. The summed E-state index contributed by atoms with van der Waals surface area (Å²) in [7, 11) is 0. The van der Waals surface area contributed by atoms with Gasteiger partial charge in [-0.2, -0.15) is 13.2 Å². The Hall–Kier alpha value is -2.87. The van der Waals surface area contributed by atoms with Gasteiger partial charge >= 0.3 is 6.18 Å². The second kappa shape index (κ2) is 8.43. The number of benzene rings is 2. The highest BCUT2D eigenvalue weighted by Crippen LogP contribution is 2.29. The second-order valence-corrected chi connectivity index (χ2v) is 6.37. The number of hydrogen-bond donors (Lipinski definition) is 1. The first-order valence-corrected chi connectivity index (χ1v) is 8.76. The van der Waals surface area contributed by atoms with E-state index in [1.807, 2.05) is 0 Å². The number of hydrogen-bond acceptors (Lipinski definition) is 3. The highest BCUT2D eigenvalue weighted by molar-refractivity contribution is 6.04. The summed E-state index contributed by atoms with van der Waals surface area (Å²) in [5, 5.41) is 2.68. The molecule has 3 rings (SSSR count). The summed E-state index contributed by atoms with van der Waals surface area (Å²) in [4.78, 5) is 26.7. The number of para-hydroxylation sites is 1. The van der Waals surface area contributed by atoms with Crippen molar-refractivity contribution in [2.75, 3.05) is 31.6 Å². The van der Waals surface area contributed by atoms with E-state index in [-0.39, 0.29) is 12.3 Å². The number of ether oxygens (including phenoxy) is 1. The molecule has 148 valence electrons. The average Bonchev–Trinajstić information content (AvgIpc) is 2.68. The molecular weight excluding hydrogens is 373 g/mol. The lowest BCUT2D eigenvalue weighted by Crippen LogP contribution is -2.41. The number of amides is 2. The molecule has 0 saturated carbocycles. The fourth-order valence-corrected chi connectivity index (χ4v) is 2.91. The van der Waals surface area contributed by atoms with Crippen LogP contribution in [-0.2, 0) is 22.1 Å². The van der Waals surface area contributed by atoms with Crippen molar-refractivity contribution in [3.05, 3.63) is 65.2 Å². The second-order valence-electron chi connectivity index (χ2n) is 6.37. The molecule has 0 aliphatic carbocycles. The Morgan fingerprint density at radius 3 is 2.29 bits per heavy atom. The summed E-state index contributed by atoms with van der Waals surface area (Å²) < 4.78 is 43.1. The van der Waals surface area contributed by atoms with Gasteiger partial charge in [0.15, 0.2) is 0 Å². The molecule has 0 unspecified atom stereocenters. The maximum Gasteiger partial charge on any atom is 0.416 e. The fraction of sp³-hybridized carbons (Fsp3) is 0.300. The van der Waals surface area contributed by atoms with Gasteiger partial charge in [0, 0.05) is 13.1 Å². The Bertz CT molecular complexity index is 845. The number of rotatable bonds is 4. The summed E-state index contributed by atoms with van der Waals surface area (Å²) in [6.45, 7) is 1.89. The molecule has 0 bridgehead atoms. The monoisotopic (exact) mass is 392 g/mol. The van der Waals surface area contributed by atoms with Gasteiger partial charge in [-0.05, 0) is 29.8 Å². The molecule has 8 heteroatoms. The van der Waals surface area contributed by atoms with Gasteiger partial charge in [0.2, 0.25) is 5.91 Å². The van der Waals surface area contributed by atoms with Crippen molar-refractivity contribution in [1.82, 2.24) is 4.90 Å². The third kappa shape index (κ3) is 4.89. The molecule has 0 radical (unpaired) electrons. The van der Waals surface area contributed by atoms with Crippen LogP contribution in [0.4, 0.5) is 18.9 Å². The van der Waals surface area contributed by atoms with Gasteiger partial charge in [-0.15, -0.1) is 0 Å². The third-order valence-electron chi connectivity index (χ3n) is 4.38. The summed E-state index contributed by atoms with van der Waals surface area (Å²) in [5.41, 5.74) is 0.418. The predicted octanol–water partition coefficient (Wildman–Crippen LogP) is 3.36. The lowest BCUT2D eigenvalue weighted by molar-refractivity contribution is -0.137. The van der Waals surface area contributed by atoms with E-state index in [2.05, 4.69) is 5.32 Å². The molecule has 0 aromatic heterocycles. The van der Waals surface area contributed by atoms with Crippen LogP contribution in [0.15, 0.2) is 48.5 Å². The van der Waals surface area contributed by atoms with Crippen molar-refractivity contribution in [1.29, 1.82) is 0 Å². The average molecular weight is 392 g/mol. The quantitative estimate of drug-likeness (QED) is 0.868. The molecule has 1 saturated heterocycles. The Balaban J connectivity index is 1.68. The van der Waals surface area contributed by atoms with Gasteiger partial charge in [-0.1, -0.05) is 24.3 Å². The molecule has 1 aliphatic rings. The molecule has 1 N–H and O–H groups in total. The van der Waals surface area contributed by atoms with E-state index < -0.39 is 17.6 Å². The van der Waals surface area contributed by atoms with E-state index >= 15 is 0 Å². The number of morpholine rings is 1. The fourth-order valence-electron chi connectivity index (χ4n) is 2.91. The molecule has 1 aliphatic heterocycles. The van der Waals surface area contributed by atoms with Crippen molar-refractivity contribution in [3.63, 3.8) is 0 Å². The molecule has 2 aromatic rings. The van der Waals surface area contributed by atoms with Crippen LogP contribution in [0.25, 0.3) is 0 Å². The van der Waals surface area contributed by atoms with Crippen LogP contribution in [0.2, 0.25) is 0 Å². The van der Waals surface area contributed by atoms with Crippen molar-refractivity contribution < 1.29 is 27.5 Å². The van der Waals surface area contributed by atoms with E-state index in [1.165, 1.54) is 12.1 Å². The number of anilines is 1. The normalized spacial score (nSPS) is 14.6. The molecular formula is C20H19F3N2O3. The zero-order chi connectivity index (χ0) is 20.1. The van der Waals surface area contributed by atoms with Gasteiger partial charge in [-0.25, -0.2) is 0 Å². The standard InChI is InChI=1S/C20H19F3N2O3/c21-20(22,23)15-7-5-14(6-8-15)13-18(26)24-17-4-2-1-3-16(17)19(27)25-9-11-28-12-10-25/h1-8H,9-13H2,(H,24,26). The van der Waals surface area contributed by atoms with Gasteiger partial charge in [0.1, 0.15) is 0 Å². The van der Waals surface area contributed by atoms with E-state index in [1.54, 1.807) is 29.2 Å². The van der Waals surface area contributed by atoms with Crippen molar-refractivity contribution in [2.45, 2.75) is 12.6 Å². The maximum atomic E-state index is 12.7. The minimum atomic E-state index is -4.42. The summed E-state index contributed by atoms with van der Waals surface area (Å²) in [5.74, 6) is -0.615. The summed E-state index contributed by atoms with van der Waals surface area (Å²) >= 11 is 0. The van der Waals surface area contributed by atoms with Gasteiger partial charge in [0.25, 0.3) is 5.91 Å². The summed E-state index contributed by atoms with van der Waals surface area (Å²) in [6, 6.07) is 11.1. The Kier molecular flexibility index (Phi) is 5.99. The molecule has 5 nitrogen and oxygen atoms in total. The van der Waals surface area contributed by atoms with Gasteiger partial charge in [-0.3, -0.25) is 9.59 Å². The van der Waals surface area contributed by atoms with Crippen LogP contribution in [0, 0.1) is 0 Å². The molecule has 2 aromatic carbocycles. The van der Waals surface area contributed by atoms with E-state index in [4.69, 9.17) is 4.74 Å². The molecule has 0 atom stereocenters. The van der Waals surface area contributed by atoms with Gasteiger partial charge < -0.3 is 15.0 Å². The molecule has 1 fully saturated rings. The number of alkyl halides is 3.